The zero-order chi connectivity index (χ0) is 12.5. The Kier molecular flexibility index (Phi) is 2.96. The normalized spacial score (nSPS) is 13.7. The number of nitrogens with zero attached hydrogens (tertiary/aromatic N) is 2. The van der Waals surface area contributed by atoms with E-state index in [1.807, 2.05) is 18.5 Å². The van der Waals surface area contributed by atoms with Crippen molar-refractivity contribution < 1.29 is 0 Å². The third kappa shape index (κ3) is 2.20. The van der Waals surface area contributed by atoms with E-state index < -0.39 is 0 Å². The van der Waals surface area contributed by atoms with E-state index in [0.717, 1.165) is 29.7 Å². The minimum atomic E-state index is 0.847. The van der Waals surface area contributed by atoms with Crippen LogP contribution in [0.25, 0.3) is 0 Å². The summed E-state index contributed by atoms with van der Waals surface area (Å²) in [5.41, 5.74) is 10.5. The number of nitrogen functional groups attached to an aromatic ring is 1. The second-order valence-corrected chi connectivity index (χ2v) is 5.49. The number of rotatable bonds is 2. The van der Waals surface area contributed by atoms with Crippen molar-refractivity contribution in [3.05, 3.63) is 52.3 Å². The highest BCUT2D eigenvalue weighted by molar-refractivity contribution is 9.10. The maximum Gasteiger partial charge on any atom is 0.0445 e. The minimum Gasteiger partial charge on any atom is -0.399 e. The Balaban J connectivity index is 1.85. The third-order valence-electron chi connectivity index (χ3n) is 3.23. The lowest BCUT2D eigenvalue weighted by Gasteiger charge is -2.19. The summed E-state index contributed by atoms with van der Waals surface area (Å²) in [4.78, 5) is 6.58. The average Bonchev–Trinajstić information content (AvgIpc) is 2.72. The molecule has 3 nitrogen and oxygen atoms in total. The first-order valence-corrected chi connectivity index (χ1v) is 6.74. The summed E-state index contributed by atoms with van der Waals surface area (Å²) in [6, 6.07) is 8.27. The molecule has 2 heterocycles. The molecule has 0 spiro atoms. The third-order valence-corrected chi connectivity index (χ3v) is 3.66. The largest absolute Gasteiger partial charge is 0.399 e. The van der Waals surface area contributed by atoms with Crippen LogP contribution in [0.1, 0.15) is 11.1 Å². The highest BCUT2D eigenvalue weighted by Gasteiger charge is 2.19. The Hall–Kier alpha value is -1.55. The van der Waals surface area contributed by atoms with E-state index in [1.54, 1.807) is 0 Å². The first kappa shape index (κ1) is 11.5. The van der Waals surface area contributed by atoms with Gasteiger partial charge in [-0.1, -0.05) is 0 Å². The molecule has 1 aliphatic rings. The molecule has 18 heavy (non-hydrogen) atoms. The first-order chi connectivity index (χ1) is 8.72. The number of hydrogen-bond donors (Lipinski definition) is 1. The molecule has 0 radical (unpaired) electrons. The zero-order valence-corrected chi connectivity index (χ0v) is 11.5. The number of anilines is 2. The van der Waals surface area contributed by atoms with Crippen LogP contribution in [0.15, 0.2) is 41.1 Å². The van der Waals surface area contributed by atoms with Crippen molar-refractivity contribution in [2.45, 2.75) is 13.0 Å². The van der Waals surface area contributed by atoms with E-state index in [9.17, 15) is 0 Å². The van der Waals surface area contributed by atoms with Crippen LogP contribution in [0.3, 0.4) is 0 Å². The molecule has 2 N–H and O–H groups in total. The SMILES string of the molecule is Nc1ccc2c(c1)CCN2Cc1cncc(Br)c1. The van der Waals surface area contributed by atoms with Crippen LogP contribution in [-0.2, 0) is 13.0 Å². The highest BCUT2D eigenvalue weighted by atomic mass is 79.9. The zero-order valence-electron chi connectivity index (χ0n) is 9.94. The predicted molar refractivity (Wildman–Crippen MR) is 77.5 cm³/mol. The quantitative estimate of drug-likeness (QED) is 0.867. The van der Waals surface area contributed by atoms with Crippen LogP contribution in [0.4, 0.5) is 11.4 Å². The van der Waals surface area contributed by atoms with E-state index in [1.165, 1.54) is 16.8 Å². The number of benzene rings is 1. The molecule has 1 aromatic carbocycles. The maximum atomic E-state index is 5.81. The van der Waals surface area contributed by atoms with Crippen LogP contribution < -0.4 is 10.6 Å². The summed E-state index contributed by atoms with van der Waals surface area (Å²) in [5.74, 6) is 0. The fourth-order valence-corrected chi connectivity index (χ4v) is 2.83. The van der Waals surface area contributed by atoms with Crippen LogP contribution in [0.5, 0.6) is 0 Å². The molecule has 2 aromatic rings. The van der Waals surface area contributed by atoms with Crippen molar-refractivity contribution in [2.24, 2.45) is 0 Å². The van der Waals surface area contributed by atoms with Gasteiger partial charge in [0.05, 0.1) is 0 Å². The molecule has 92 valence electrons. The summed E-state index contributed by atoms with van der Waals surface area (Å²) in [5, 5.41) is 0. The molecule has 4 heteroatoms. The second kappa shape index (κ2) is 4.61. The number of halogens is 1. The molecule has 0 bridgehead atoms. The van der Waals surface area contributed by atoms with Crippen LogP contribution >= 0.6 is 15.9 Å². The number of aromatic nitrogens is 1. The van der Waals surface area contributed by atoms with Crippen LogP contribution in [0, 0.1) is 0 Å². The Morgan fingerprint density at radius 3 is 3.00 bits per heavy atom. The minimum absolute atomic E-state index is 0.847. The second-order valence-electron chi connectivity index (χ2n) is 4.57. The summed E-state index contributed by atoms with van der Waals surface area (Å²) in [6.07, 6.45) is 4.80. The van der Waals surface area contributed by atoms with Gasteiger partial charge < -0.3 is 10.6 Å². The van der Waals surface area contributed by atoms with Gasteiger partial charge in [-0.3, -0.25) is 4.98 Å². The van der Waals surface area contributed by atoms with Gasteiger partial charge in [-0.2, -0.15) is 0 Å². The van der Waals surface area contributed by atoms with Crippen molar-refractivity contribution in [3.8, 4) is 0 Å². The van der Waals surface area contributed by atoms with Gasteiger partial charge in [0.15, 0.2) is 0 Å². The van der Waals surface area contributed by atoms with Gasteiger partial charge >= 0.3 is 0 Å². The highest BCUT2D eigenvalue weighted by Crippen LogP contribution is 2.30. The number of fused-ring (bicyclic) bond motifs is 1. The monoisotopic (exact) mass is 303 g/mol. The summed E-state index contributed by atoms with van der Waals surface area (Å²) >= 11 is 3.46. The molecule has 0 aliphatic carbocycles. The summed E-state index contributed by atoms with van der Waals surface area (Å²) < 4.78 is 1.02. The molecule has 0 fully saturated rings. The van der Waals surface area contributed by atoms with E-state index >= 15 is 0 Å². The molecule has 0 saturated heterocycles. The number of hydrogen-bond acceptors (Lipinski definition) is 3. The van der Waals surface area contributed by atoms with Gasteiger partial charge in [0.25, 0.3) is 0 Å². The molecule has 0 unspecified atom stereocenters. The molecule has 0 atom stereocenters. The van der Waals surface area contributed by atoms with Crippen molar-refractivity contribution in [3.63, 3.8) is 0 Å². The predicted octanol–water partition coefficient (Wildman–Crippen LogP) is 2.99. The lowest BCUT2D eigenvalue weighted by atomic mass is 10.1. The number of pyridine rings is 1. The van der Waals surface area contributed by atoms with E-state index in [-0.39, 0.29) is 0 Å². The van der Waals surface area contributed by atoms with E-state index in [2.05, 4.69) is 44.0 Å². The Labute approximate surface area is 115 Å². The summed E-state index contributed by atoms with van der Waals surface area (Å²) in [7, 11) is 0. The van der Waals surface area contributed by atoms with Crippen molar-refractivity contribution in [1.29, 1.82) is 0 Å². The van der Waals surface area contributed by atoms with Gasteiger partial charge in [-0.25, -0.2) is 0 Å². The molecule has 0 saturated carbocycles. The van der Waals surface area contributed by atoms with Crippen LogP contribution in [-0.4, -0.2) is 11.5 Å². The van der Waals surface area contributed by atoms with Crippen molar-refractivity contribution in [1.82, 2.24) is 4.98 Å². The van der Waals surface area contributed by atoms with Gasteiger partial charge in [0.1, 0.15) is 0 Å². The van der Waals surface area contributed by atoms with Gasteiger partial charge in [0.2, 0.25) is 0 Å². The fourth-order valence-electron chi connectivity index (χ4n) is 2.42. The molecule has 0 amide bonds. The summed E-state index contributed by atoms with van der Waals surface area (Å²) in [6.45, 7) is 1.94. The molecule has 1 aliphatic heterocycles. The topological polar surface area (TPSA) is 42.1 Å². The van der Waals surface area contributed by atoms with E-state index in [4.69, 9.17) is 5.73 Å². The number of nitrogens with two attached hydrogens (primary N) is 1. The lowest BCUT2D eigenvalue weighted by molar-refractivity contribution is 0.832. The first-order valence-electron chi connectivity index (χ1n) is 5.95. The van der Waals surface area contributed by atoms with Gasteiger partial charge in [0, 0.05) is 41.3 Å². The fraction of sp³-hybridized carbons (Fsp3) is 0.214. The van der Waals surface area contributed by atoms with E-state index in [0.29, 0.717) is 0 Å². The standard InChI is InChI=1S/C14H14BrN3/c15-12-5-10(7-17-8-12)9-18-4-3-11-6-13(16)1-2-14(11)18/h1-2,5-8H,3-4,9,16H2. The molecule has 3 rings (SSSR count). The Morgan fingerprint density at radius 1 is 1.28 bits per heavy atom. The van der Waals surface area contributed by atoms with Gasteiger partial charge in [-0.05, 0) is 57.7 Å². The smallest absolute Gasteiger partial charge is 0.0445 e. The average molecular weight is 304 g/mol. The Bertz CT molecular complexity index is 583. The Morgan fingerprint density at radius 2 is 2.17 bits per heavy atom. The lowest BCUT2D eigenvalue weighted by Crippen LogP contribution is -2.19. The van der Waals surface area contributed by atoms with Crippen molar-refractivity contribution in [2.75, 3.05) is 17.2 Å². The molecular formula is C14H14BrN3. The molecular weight excluding hydrogens is 290 g/mol. The molecule has 1 aromatic heterocycles. The maximum absolute atomic E-state index is 5.81. The van der Waals surface area contributed by atoms with Gasteiger partial charge in [-0.15, -0.1) is 0 Å². The van der Waals surface area contributed by atoms with Crippen molar-refractivity contribution >= 4 is 27.3 Å². The van der Waals surface area contributed by atoms with Crippen LogP contribution in [0.2, 0.25) is 0 Å².